The second kappa shape index (κ2) is 6.23. The van der Waals surface area contributed by atoms with Gasteiger partial charge in [0, 0.05) is 39.7 Å². The Morgan fingerprint density at radius 1 is 1.88 bits per heavy atom. The summed E-state index contributed by atoms with van der Waals surface area (Å²) in [6.07, 6.45) is -2.76. The Kier molecular flexibility index (Phi) is 2.47. The van der Waals surface area contributed by atoms with E-state index in [2.05, 4.69) is 4.98 Å². The summed E-state index contributed by atoms with van der Waals surface area (Å²) in [7, 11) is 1.23. The van der Waals surface area contributed by atoms with Gasteiger partial charge in [0.2, 0.25) is 5.91 Å². The Hall–Kier alpha value is -1.42. The molecule has 0 aliphatic rings. The van der Waals surface area contributed by atoms with Crippen molar-refractivity contribution in [1.82, 2.24) is 9.88 Å². The van der Waals surface area contributed by atoms with Crippen LogP contribution in [0.15, 0.2) is 24.5 Å². The van der Waals surface area contributed by atoms with Crippen LogP contribution < -0.4 is 0 Å². The number of pyridine rings is 1. The first kappa shape index (κ1) is 6.35. The molecule has 1 N–H and O–H groups in total. The number of carbonyl (C=O) groups excluding carboxylic acids is 1. The van der Waals surface area contributed by atoms with E-state index in [1.165, 1.54) is 31.6 Å². The van der Waals surface area contributed by atoms with Crippen LogP contribution in [0.2, 0.25) is 0 Å². The van der Waals surface area contributed by atoms with Gasteiger partial charge in [-0.3, -0.25) is 9.78 Å². The van der Waals surface area contributed by atoms with E-state index in [1.807, 2.05) is 0 Å². The third-order valence-corrected chi connectivity index (χ3v) is 2.02. The van der Waals surface area contributed by atoms with Crippen molar-refractivity contribution in [2.24, 2.45) is 0 Å². The molecular weight excluding hydrogens is 204 g/mol. The van der Waals surface area contributed by atoms with Gasteiger partial charge in [0.1, 0.15) is 0 Å². The van der Waals surface area contributed by atoms with E-state index >= 15 is 0 Å². The molecule has 0 fully saturated rings. The van der Waals surface area contributed by atoms with Crippen LogP contribution in [0.3, 0.4) is 0 Å². The quantitative estimate of drug-likeness (QED) is 0.828. The lowest BCUT2D eigenvalue weighted by Gasteiger charge is -2.16. The molecule has 4 nitrogen and oxygen atoms in total. The average molecular weight is 228 g/mol. The van der Waals surface area contributed by atoms with Crippen molar-refractivity contribution in [3.8, 4) is 0 Å². The fourth-order valence-corrected chi connectivity index (χ4v) is 1.05. The van der Waals surface area contributed by atoms with Crippen molar-refractivity contribution in [2.75, 3.05) is 13.6 Å². The Morgan fingerprint density at radius 2 is 2.69 bits per heavy atom. The standard InChI is InChI=1S/C12H18N2O2/c1-10(15)14(2)8-4-6-12(16)11-5-3-7-13-9-11/h3,5,7,9,12,16H,4,6,8H2,1-2H3/i1D3,6D2,12D. The first-order valence-electron chi connectivity index (χ1n) is 7.78. The van der Waals surface area contributed by atoms with Crippen LogP contribution in [0.5, 0.6) is 0 Å². The predicted octanol–water partition coefficient (Wildman–Crippen LogP) is 1.37. The number of aromatic nitrogens is 1. The van der Waals surface area contributed by atoms with Gasteiger partial charge in [0.15, 0.2) is 0 Å². The molecule has 0 aliphatic heterocycles. The summed E-state index contributed by atoms with van der Waals surface area (Å²) in [6.45, 7) is -3.05. The van der Waals surface area contributed by atoms with Gasteiger partial charge in [-0.05, 0) is 24.4 Å². The summed E-state index contributed by atoms with van der Waals surface area (Å²) in [5, 5.41) is 10.2. The van der Waals surface area contributed by atoms with Crippen LogP contribution in [0.1, 0.15) is 39.5 Å². The van der Waals surface area contributed by atoms with Gasteiger partial charge in [0.25, 0.3) is 0 Å². The molecule has 4 heteroatoms. The molecule has 1 heterocycles. The molecule has 1 rings (SSSR count). The summed E-state index contributed by atoms with van der Waals surface area (Å²) in [5.41, 5.74) is -0.0233. The minimum atomic E-state index is -2.80. The van der Waals surface area contributed by atoms with Crippen molar-refractivity contribution in [2.45, 2.75) is 25.7 Å². The lowest BCUT2D eigenvalue weighted by Crippen LogP contribution is -2.25. The molecule has 88 valence electrons. The van der Waals surface area contributed by atoms with Crippen molar-refractivity contribution >= 4 is 5.91 Å². The number of aliphatic hydroxyl groups is 1. The van der Waals surface area contributed by atoms with E-state index in [1.54, 1.807) is 0 Å². The van der Waals surface area contributed by atoms with Gasteiger partial charge in [-0.25, -0.2) is 0 Å². The molecule has 0 aromatic carbocycles. The van der Waals surface area contributed by atoms with Crippen LogP contribution in [-0.4, -0.2) is 34.5 Å². The lowest BCUT2D eigenvalue weighted by atomic mass is 10.1. The first-order chi connectivity index (χ1) is 9.89. The first-order valence-corrected chi connectivity index (χ1v) is 4.78. The predicted molar refractivity (Wildman–Crippen MR) is 61.7 cm³/mol. The zero-order valence-electron chi connectivity index (χ0n) is 15.0. The number of rotatable bonds is 5. The molecule has 16 heavy (non-hydrogen) atoms. The maximum absolute atomic E-state index is 11.5. The maximum Gasteiger partial charge on any atom is 0.219 e. The van der Waals surface area contributed by atoms with Crippen LogP contribution in [-0.2, 0) is 4.79 Å². The molecule has 0 saturated carbocycles. The molecule has 0 saturated heterocycles. The highest BCUT2D eigenvalue weighted by Crippen LogP contribution is 2.16. The van der Waals surface area contributed by atoms with Crippen LogP contribution in [0, 0.1) is 0 Å². The SMILES string of the molecule is [2H]C([2H])([2H])C(=O)N(C)CCC([2H])([2H])C([2H])(O)c1cccnc1. The Balaban J connectivity index is 2.81. The Labute approximate surface area is 104 Å². The van der Waals surface area contributed by atoms with Gasteiger partial charge in [-0.1, -0.05) is 6.07 Å². The molecule has 0 radical (unpaired) electrons. The Morgan fingerprint density at radius 3 is 3.31 bits per heavy atom. The number of carbonyl (C=O) groups is 1. The zero-order chi connectivity index (χ0) is 17.2. The van der Waals surface area contributed by atoms with Gasteiger partial charge in [0.05, 0.1) is 7.45 Å². The molecule has 1 atom stereocenters. The summed E-state index contributed by atoms with van der Waals surface area (Å²) in [4.78, 5) is 16.1. The van der Waals surface area contributed by atoms with E-state index in [0.717, 1.165) is 4.90 Å². The van der Waals surface area contributed by atoms with Crippen molar-refractivity contribution < 1.29 is 18.1 Å². The van der Waals surface area contributed by atoms with Crippen molar-refractivity contribution in [3.05, 3.63) is 30.1 Å². The molecule has 0 aliphatic carbocycles. The van der Waals surface area contributed by atoms with Gasteiger partial charge in [-0.2, -0.15) is 0 Å². The molecule has 0 bridgehead atoms. The van der Waals surface area contributed by atoms with E-state index < -0.39 is 31.6 Å². The van der Waals surface area contributed by atoms with Crippen LogP contribution in [0.4, 0.5) is 0 Å². The largest absolute Gasteiger partial charge is 0.388 e. The molecule has 1 amide bonds. The minimum Gasteiger partial charge on any atom is -0.388 e. The fourth-order valence-electron chi connectivity index (χ4n) is 1.05. The fraction of sp³-hybridized carbons (Fsp3) is 0.500. The number of nitrogens with zero attached hydrogens (tertiary/aromatic N) is 2. The second-order valence-electron chi connectivity index (χ2n) is 3.24. The van der Waals surface area contributed by atoms with Gasteiger partial charge in [-0.15, -0.1) is 0 Å². The van der Waals surface area contributed by atoms with E-state index in [0.29, 0.717) is 0 Å². The third-order valence-electron chi connectivity index (χ3n) is 2.02. The second-order valence-corrected chi connectivity index (χ2v) is 3.24. The molecule has 0 spiro atoms. The smallest absolute Gasteiger partial charge is 0.219 e. The Bertz CT molecular complexity index is 518. The summed E-state index contributed by atoms with van der Waals surface area (Å²) >= 11 is 0. The number of hydrogen-bond donors (Lipinski definition) is 1. The normalized spacial score (nSPS) is 21.4. The van der Waals surface area contributed by atoms with E-state index in [4.69, 9.17) is 8.22 Å². The highest BCUT2D eigenvalue weighted by Gasteiger charge is 2.08. The summed E-state index contributed by atoms with van der Waals surface area (Å²) < 4.78 is 44.7. The minimum absolute atomic E-state index is 0.0233. The molecule has 1 aromatic heterocycles. The lowest BCUT2D eigenvalue weighted by molar-refractivity contribution is -0.127. The highest BCUT2D eigenvalue weighted by atomic mass is 16.3. The topological polar surface area (TPSA) is 53.4 Å². The maximum atomic E-state index is 11.5. The highest BCUT2D eigenvalue weighted by molar-refractivity contribution is 5.72. The molecule has 1 aromatic rings. The number of amides is 1. The average Bonchev–Trinajstić information content (AvgIpc) is 2.43. The van der Waals surface area contributed by atoms with Gasteiger partial charge >= 0.3 is 0 Å². The summed E-state index contributed by atoms with van der Waals surface area (Å²) in [6, 6.07) is 2.84. The van der Waals surface area contributed by atoms with E-state index in [9.17, 15) is 9.90 Å². The number of hydrogen-bond acceptors (Lipinski definition) is 3. The van der Waals surface area contributed by atoms with E-state index in [-0.39, 0.29) is 12.1 Å². The summed E-state index contributed by atoms with van der Waals surface area (Å²) in [5.74, 6) is -1.11. The monoisotopic (exact) mass is 228 g/mol. The van der Waals surface area contributed by atoms with Gasteiger partial charge < -0.3 is 10.0 Å². The van der Waals surface area contributed by atoms with Crippen LogP contribution in [0.25, 0.3) is 0 Å². The molecular formula is C12H18N2O2. The third kappa shape index (κ3) is 3.98. The molecule has 1 unspecified atom stereocenters. The van der Waals surface area contributed by atoms with Crippen molar-refractivity contribution in [1.29, 1.82) is 0 Å². The zero-order valence-corrected chi connectivity index (χ0v) is 8.97. The van der Waals surface area contributed by atoms with Crippen LogP contribution >= 0.6 is 0 Å². The van der Waals surface area contributed by atoms with Crippen molar-refractivity contribution in [3.63, 3.8) is 0 Å².